The summed E-state index contributed by atoms with van der Waals surface area (Å²) in [6.07, 6.45) is 0. The van der Waals surface area contributed by atoms with Crippen molar-refractivity contribution in [2.75, 3.05) is 11.9 Å². The Bertz CT molecular complexity index is 852. The van der Waals surface area contributed by atoms with Gasteiger partial charge in [-0.05, 0) is 37.6 Å². The zero-order valence-electron chi connectivity index (χ0n) is 12.5. The van der Waals surface area contributed by atoms with Gasteiger partial charge in [-0.3, -0.25) is 0 Å². The first kappa shape index (κ1) is 12.3. The summed E-state index contributed by atoms with van der Waals surface area (Å²) in [5.41, 5.74) is 5.30. The molecule has 0 bridgehead atoms. The first-order valence-corrected chi connectivity index (χ1v) is 7.19. The molecule has 2 aromatic carbocycles. The average molecular weight is 275 g/mol. The zero-order chi connectivity index (χ0) is 14.6. The summed E-state index contributed by atoms with van der Waals surface area (Å²) in [4.78, 5) is 11.9. The lowest BCUT2D eigenvalue weighted by molar-refractivity contribution is 0.604. The van der Waals surface area contributed by atoms with E-state index in [1.54, 1.807) is 0 Å². The van der Waals surface area contributed by atoms with E-state index >= 15 is 0 Å². The molecule has 4 rings (SSSR count). The third-order valence-corrected chi connectivity index (χ3v) is 4.40. The van der Waals surface area contributed by atoms with Crippen molar-refractivity contribution >= 4 is 22.5 Å². The van der Waals surface area contributed by atoms with Crippen molar-refractivity contribution in [2.24, 2.45) is 0 Å². The molecule has 0 spiro atoms. The second-order valence-corrected chi connectivity index (χ2v) is 6.09. The fourth-order valence-electron chi connectivity index (χ4n) is 3.18. The molecule has 3 nitrogen and oxygen atoms in total. The minimum Gasteiger partial charge on any atom is -0.328 e. The van der Waals surface area contributed by atoms with Crippen molar-refractivity contribution in [3.05, 3.63) is 59.8 Å². The van der Waals surface area contributed by atoms with Crippen molar-refractivity contribution in [3.8, 4) is 0 Å². The van der Waals surface area contributed by atoms with Gasteiger partial charge in [-0.2, -0.15) is 0 Å². The third-order valence-electron chi connectivity index (χ3n) is 4.40. The molecule has 3 aromatic rings. The molecule has 1 aliphatic rings. The normalized spacial score (nSPS) is 15.7. The predicted molar refractivity (Wildman–Crippen MR) is 86.2 cm³/mol. The van der Waals surface area contributed by atoms with Crippen LogP contribution in [0.4, 0.5) is 11.5 Å². The standard InChI is InChI=1S/C18H17N3/c1-18(2)12-8-4-7-11-15(12)21(3)17-16(18)19-13-9-5-6-10-14(13)20-17/h4-11H,1-3H3. The van der Waals surface area contributed by atoms with Crippen LogP contribution < -0.4 is 4.90 Å². The van der Waals surface area contributed by atoms with Crippen LogP contribution in [0.5, 0.6) is 0 Å². The summed E-state index contributed by atoms with van der Waals surface area (Å²) < 4.78 is 0. The van der Waals surface area contributed by atoms with Gasteiger partial charge in [-0.1, -0.05) is 30.3 Å². The molecule has 0 amide bonds. The maximum absolute atomic E-state index is 4.91. The number of nitrogens with zero attached hydrogens (tertiary/aromatic N) is 3. The molecule has 2 heterocycles. The molecule has 0 unspecified atom stereocenters. The second kappa shape index (κ2) is 4.04. The zero-order valence-corrected chi connectivity index (χ0v) is 12.5. The van der Waals surface area contributed by atoms with E-state index in [1.807, 2.05) is 24.3 Å². The summed E-state index contributed by atoms with van der Waals surface area (Å²) >= 11 is 0. The maximum Gasteiger partial charge on any atom is 0.156 e. The second-order valence-electron chi connectivity index (χ2n) is 6.09. The highest BCUT2D eigenvalue weighted by Gasteiger charge is 2.37. The maximum atomic E-state index is 4.91. The molecule has 0 aliphatic carbocycles. The van der Waals surface area contributed by atoms with Crippen LogP contribution in [0.2, 0.25) is 0 Å². The molecular formula is C18H17N3. The van der Waals surface area contributed by atoms with Crippen LogP contribution in [-0.4, -0.2) is 17.0 Å². The Balaban J connectivity index is 2.08. The van der Waals surface area contributed by atoms with Gasteiger partial charge in [0.1, 0.15) is 0 Å². The fourth-order valence-corrected chi connectivity index (χ4v) is 3.18. The van der Waals surface area contributed by atoms with Crippen LogP contribution in [0.3, 0.4) is 0 Å². The number of rotatable bonds is 0. The summed E-state index contributed by atoms with van der Waals surface area (Å²) in [5, 5.41) is 0. The van der Waals surface area contributed by atoms with Crippen molar-refractivity contribution in [1.82, 2.24) is 9.97 Å². The molecule has 0 N–H and O–H groups in total. The van der Waals surface area contributed by atoms with Gasteiger partial charge in [0, 0.05) is 18.2 Å². The van der Waals surface area contributed by atoms with Gasteiger partial charge >= 0.3 is 0 Å². The molecule has 0 fully saturated rings. The van der Waals surface area contributed by atoms with Crippen LogP contribution in [0.25, 0.3) is 11.0 Å². The Hall–Kier alpha value is -2.42. The molecule has 0 saturated heterocycles. The van der Waals surface area contributed by atoms with Gasteiger partial charge in [0.05, 0.1) is 16.7 Å². The number of fused-ring (bicyclic) bond motifs is 3. The number of hydrogen-bond acceptors (Lipinski definition) is 3. The summed E-state index contributed by atoms with van der Waals surface area (Å²) in [5.74, 6) is 0.956. The summed E-state index contributed by atoms with van der Waals surface area (Å²) in [6.45, 7) is 4.45. The van der Waals surface area contributed by atoms with Gasteiger partial charge < -0.3 is 4.90 Å². The van der Waals surface area contributed by atoms with E-state index in [0.717, 1.165) is 22.5 Å². The number of aromatic nitrogens is 2. The lowest BCUT2D eigenvalue weighted by Gasteiger charge is -2.38. The molecule has 1 aromatic heterocycles. The Morgan fingerprint density at radius 1 is 0.857 bits per heavy atom. The van der Waals surface area contributed by atoms with Gasteiger partial charge in [0.15, 0.2) is 5.82 Å². The highest BCUT2D eigenvalue weighted by atomic mass is 15.2. The number of para-hydroxylation sites is 3. The van der Waals surface area contributed by atoms with Crippen LogP contribution in [0.1, 0.15) is 25.1 Å². The molecule has 104 valence electrons. The van der Waals surface area contributed by atoms with Crippen LogP contribution in [0, 0.1) is 0 Å². The topological polar surface area (TPSA) is 29.0 Å². The van der Waals surface area contributed by atoms with E-state index in [9.17, 15) is 0 Å². The van der Waals surface area contributed by atoms with E-state index < -0.39 is 0 Å². The van der Waals surface area contributed by atoms with Crippen LogP contribution in [-0.2, 0) is 5.41 Å². The first-order chi connectivity index (χ1) is 10.1. The van der Waals surface area contributed by atoms with Gasteiger partial charge in [-0.15, -0.1) is 0 Å². The molecular weight excluding hydrogens is 258 g/mol. The number of hydrogen-bond donors (Lipinski definition) is 0. The molecule has 0 radical (unpaired) electrons. The monoisotopic (exact) mass is 275 g/mol. The lowest BCUT2D eigenvalue weighted by Crippen LogP contribution is -2.32. The minimum absolute atomic E-state index is 0.143. The summed E-state index contributed by atoms with van der Waals surface area (Å²) in [7, 11) is 2.07. The van der Waals surface area contributed by atoms with Crippen LogP contribution in [0.15, 0.2) is 48.5 Å². The SMILES string of the molecule is CN1c2ccccc2C(C)(C)c2nc3ccccc3nc21. The van der Waals surface area contributed by atoms with E-state index in [-0.39, 0.29) is 5.41 Å². The van der Waals surface area contributed by atoms with Gasteiger partial charge in [-0.25, -0.2) is 9.97 Å². The van der Waals surface area contributed by atoms with Crippen molar-refractivity contribution < 1.29 is 0 Å². The highest BCUT2D eigenvalue weighted by Crippen LogP contribution is 2.46. The van der Waals surface area contributed by atoms with E-state index in [4.69, 9.17) is 9.97 Å². The van der Waals surface area contributed by atoms with Crippen LogP contribution >= 0.6 is 0 Å². The van der Waals surface area contributed by atoms with E-state index in [1.165, 1.54) is 11.3 Å². The quantitative estimate of drug-likeness (QED) is 0.620. The van der Waals surface area contributed by atoms with Gasteiger partial charge in [0.25, 0.3) is 0 Å². The predicted octanol–water partition coefficient (Wildman–Crippen LogP) is 4.04. The van der Waals surface area contributed by atoms with Crippen molar-refractivity contribution in [3.63, 3.8) is 0 Å². The Morgan fingerprint density at radius 2 is 1.48 bits per heavy atom. The third kappa shape index (κ3) is 1.60. The molecule has 1 aliphatic heterocycles. The van der Waals surface area contributed by atoms with E-state index in [0.29, 0.717) is 0 Å². The molecule has 0 atom stereocenters. The number of anilines is 2. The minimum atomic E-state index is -0.143. The Kier molecular flexibility index (Phi) is 2.37. The smallest absolute Gasteiger partial charge is 0.156 e. The van der Waals surface area contributed by atoms with E-state index in [2.05, 4.69) is 50.1 Å². The Labute approximate surface area is 124 Å². The average Bonchev–Trinajstić information content (AvgIpc) is 2.52. The fraction of sp³-hybridized carbons (Fsp3) is 0.222. The first-order valence-electron chi connectivity index (χ1n) is 7.19. The van der Waals surface area contributed by atoms with Crippen molar-refractivity contribution in [2.45, 2.75) is 19.3 Å². The highest BCUT2D eigenvalue weighted by molar-refractivity contribution is 5.81. The molecule has 21 heavy (non-hydrogen) atoms. The summed E-state index contributed by atoms with van der Waals surface area (Å²) in [6, 6.07) is 16.6. The molecule has 3 heteroatoms. The Morgan fingerprint density at radius 3 is 2.24 bits per heavy atom. The lowest BCUT2D eigenvalue weighted by atomic mass is 9.77. The van der Waals surface area contributed by atoms with Crippen molar-refractivity contribution in [1.29, 1.82) is 0 Å². The van der Waals surface area contributed by atoms with Gasteiger partial charge in [0.2, 0.25) is 0 Å². The number of benzene rings is 2. The largest absolute Gasteiger partial charge is 0.328 e. The molecule has 0 saturated carbocycles.